The van der Waals surface area contributed by atoms with E-state index in [-0.39, 0.29) is 0 Å². The van der Waals surface area contributed by atoms with Crippen molar-refractivity contribution < 1.29 is 4.74 Å². The highest BCUT2D eigenvalue weighted by Gasteiger charge is 2.03. The van der Waals surface area contributed by atoms with Gasteiger partial charge >= 0.3 is 0 Å². The second-order valence-corrected chi connectivity index (χ2v) is 3.92. The molecule has 0 aliphatic rings. The SMILES string of the molecule is CCCn1cc(Oc2cncc(CNC)n2)cn1. The van der Waals surface area contributed by atoms with Crippen LogP contribution in [0, 0.1) is 0 Å². The fourth-order valence-electron chi connectivity index (χ4n) is 1.57. The molecule has 0 aliphatic heterocycles. The minimum Gasteiger partial charge on any atom is -0.434 e. The quantitative estimate of drug-likeness (QED) is 0.839. The molecule has 96 valence electrons. The average Bonchev–Trinajstić information content (AvgIpc) is 2.78. The summed E-state index contributed by atoms with van der Waals surface area (Å²) in [6.45, 7) is 3.66. The largest absolute Gasteiger partial charge is 0.434 e. The van der Waals surface area contributed by atoms with Gasteiger partial charge in [0.2, 0.25) is 5.88 Å². The molecule has 0 bridgehead atoms. The van der Waals surface area contributed by atoms with Crippen LogP contribution >= 0.6 is 0 Å². The Balaban J connectivity index is 2.05. The van der Waals surface area contributed by atoms with Crippen molar-refractivity contribution in [3.63, 3.8) is 0 Å². The second kappa shape index (κ2) is 6.11. The van der Waals surface area contributed by atoms with Gasteiger partial charge in [0, 0.05) is 19.3 Å². The first-order valence-electron chi connectivity index (χ1n) is 5.97. The lowest BCUT2D eigenvalue weighted by Gasteiger charge is -2.03. The fourth-order valence-corrected chi connectivity index (χ4v) is 1.57. The molecule has 0 atom stereocenters. The van der Waals surface area contributed by atoms with E-state index in [2.05, 4.69) is 27.3 Å². The van der Waals surface area contributed by atoms with Gasteiger partial charge in [0.05, 0.1) is 24.3 Å². The zero-order chi connectivity index (χ0) is 12.8. The van der Waals surface area contributed by atoms with Crippen LogP contribution in [0.25, 0.3) is 0 Å². The Kier molecular flexibility index (Phi) is 4.25. The zero-order valence-corrected chi connectivity index (χ0v) is 10.6. The van der Waals surface area contributed by atoms with Crippen LogP contribution in [0.4, 0.5) is 0 Å². The summed E-state index contributed by atoms with van der Waals surface area (Å²) in [5, 5.41) is 7.21. The highest BCUT2D eigenvalue weighted by molar-refractivity contribution is 5.20. The molecule has 0 fully saturated rings. The summed E-state index contributed by atoms with van der Waals surface area (Å²) in [5.74, 6) is 1.16. The molecule has 0 unspecified atom stereocenters. The normalized spacial score (nSPS) is 10.6. The Morgan fingerprint density at radius 2 is 2.22 bits per heavy atom. The molecule has 0 amide bonds. The average molecular weight is 247 g/mol. The van der Waals surface area contributed by atoms with Crippen molar-refractivity contribution in [2.24, 2.45) is 0 Å². The summed E-state index contributed by atoms with van der Waals surface area (Å²) in [4.78, 5) is 8.42. The third kappa shape index (κ3) is 3.27. The molecule has 0 aromatic carbocycles. The highest BCUT2D eigenvalue weighted by atomic mass is 16.5. The van der Waals surface area contributed by atoms with Crippen molar-refractivity contribution in [3.8, 4) is 11.6 Å². The van der Waals surface area contributed by atoms with Crippen molar-refractivity contribution in [3.05, 3.63) is 30.5 Å². The number of nitrogens with zero attached hydrogens (tertiary/aromatic N) is 4. The Morgan fingerprint density at radius 3 is 3.00 bits per heavy atom. The number of hydrogen-bond acceptors (Lipinski definition) is 5. The molecule has 2 heterocycles. The zero-order valence-electron chi connectivity index (χ0n) is 10.6. The molecule has 2 rings (SSSR count). The van der Waals surface area contributed by atoms with Crippen molar-refractivity contribution in [1.82, 2.24) is 25.1 Å². The van der Waals surface area contributed by atoms with Gasteiger partial charge in [-0.15, -0.1) is 0 Å². The molecule has 1 N–H and O–H groups in total. The number of nitrogens with one attached hydrogen (secondary N) is 1. The van der Waals surface area contributed by atoms with Gasteiger partial charge < -0.3 is 10.1 Å². The summed E-state index contributed by atoms with van der Waals surface area (Å²) < 4.78 is 7.46. The summed E-state index contributed by atoms with van der Waals surface area (Å²) in [6.07, 6.45) is 7.89. The lowest BCUT2D eigenvalue weighted by molar-refractivity contribution is 0.455. The number of aromatic nitrogens is 4. The number of ether oxygens (including phenoxy) is 1. The Labute approximate surface area is 106 Å². The van der Waals surface area contributed by atoms with Gasteiger partial charge in [-0.25, -0.2) is 4.98 Å². The first-order chi connectivity index (χ1) is 8.81. The third-order valence-electron chi connectivity index (χ3n) is 2.30. The monoisotopic (exact) mass is 247 g/mol. The summed E-state index contributed by atoms with van der Waals surface area (Å²) in [6, 6.07) is 0. The number of hydrogen-bond donors (Lipinski definition) is 1. The van der Waals surface area contributed by atoms with E-state index >= 15 is 0 Å². The molecule has 6 nitrogen and oxygen atoms in total. The van der Waals surface area contributed by atoms with E-state index in [0.29, 0.717) is 18.2 Å². The van der Waals surface area contributed by atoms with Gasteiger partial charge in [-0.3, -0.25) is 9.67 Å². The number of rotatable bonds is 6. The van der Waals surface area contributed by atoms with Crippen molar-refractivity contribution >= 4 is 0 Å². The molecule has 0 aliphatic carbocycles. The molecule has 18 heavy (non-hydrogen) atoms. The topological polar surface area (TPSA) is 64.9 Å². The third-order valence-corrected chi connectivity index (χ3v) is 2.30. The van der Waals surface area contributed by atoms with Crippen LogP contribution in [0.1, 0.15) is 19.0 Å². The molecule has 0 spiro atoms. The van der Waals surface area contributed by atoms with Gasteiger partial charge in [0.1, 0.15) is 0 Å². The van der Waals surface area contributed by atoms with Crippen LogP contribution in [-0.2, 0) is 13.1 Å². The Bertz CT molecular complexity index is 497. The summed E-state index contributed by atoms with van der Waals surface area (Å²) in [7, 11) is 1.87. The van der Waals surface area contributed by atoms with Crippen LogP contribution in [0.3, 0.4) is 0 Å². The maximum absolute atomic E-state index is 5.61. The van der Waals surface area contributed by atoms with E-state index in [4.69, 9.17) is 4.74 Å². The molecule has 0 saturated carbocycles. The smallest absolute Gasteiger partial charge is 0.238 e. The molecule has 2 aromatic rings. The van der Waals surface area contributed by atoms with Crippen LogP contribution in [0.15, 0.2) is 24.8 Å². The van der Waals surface area contributed by atoms with Crippen molar-refractivity contribution in [1.29, 1.82) is 0 Å². The molecule has 2 aromatic heterocycles. The minimum atomic E-state index is 0.485. The Morgan fingerprint density at radius 1 is 1.33 bits per heavy atom. The van der Waals surface area contributed by atoms with Gasteiger partial charge in [-0.05, 0) is 13.5 Å². The minimum absolute atomic E-state index is 0.485. The van der Waals surface area contributed by atoms with Gasteiger partial charge in [0.25, 0.3) is 0 Å². The van der Waals surface area contributed by atoms with E-state index in [1.54, 1.807) is 18.6 Å². The van der Waals surface area contributed by atoms with Crippen LogP contribution < -0.4 is 10.1 Å². The van der Waals surface area contributed by atoms with Crippen LogP contribution in [0.2, 0.25) is 0 Å². The standard InChI is InChI=1S/C12H17N5O/c1-3-4-17-9-11(7-15-17)18-12-8-14-6-10(16-12)5-13-2/h6-9,13H,3-5H2,1-2H3. The molecular weight excluding hydrogens is 230 g/mol. The predicted octanol–water partition coefficient (Wildman–Crippen LogP) is 1.59. The van der Waals surface area contributed by atoms with Gasteiger partial charge in [-0.2, -0.15) is 5.10 Å². The van der Waals surface area contributed by atoms with Gasteiger partial charge in [-0.1, -0.05) is 6.92 Å². The van der Waals surface area contributed by atoms with E-state index in [1.807, 2.05) is 17.9 Å². The number of aryl methyl sites for hydroxylation is 1. The van der Waals surface area contributed by atoms with Crippen LogP contribution in [0.5, 0.6) is 11.6 Å². The lowest BCUT2D eigenvalue weighted by Crippen LogP contribution is -2.07. The summed E-state index contributed by atoms with van der Waals surface area (Å²) in [5.41, 5.74) is 0.843. The van der Waals surface area contributed by atoms with E-state index in [9.17, 15) is 0 Å². The summed E-state index contributed by atoms with van der Waals surface area (Å²) >= 11 is 0. The Hall–Kier alpha value is -1.95. The maximum atomic E-state index is 5.61. The van der Waals surface area contributed by atoms with E-state index in [0.717, 1.165) is 18.7 Å². The lowest BCUT2D eigenvalue weighted by atomic mass is 10.4. The molecule has 0 radical (unpaired) electrons. The van der Waals surface area contributed by atoms with Gasteiger partial charge in [0.15, 0.2) is 5.75 Å². The molecule has 6 heteroatoms. The molecule has 0 saturated heterocycles. The van der Waals surface area contributed by atoms with Crippen molar-refractivity contribution in [2.45, 2.75) is 26.4 Å². The maximum Gasteiger partial charge on any atom is 0.238 e. The van der Waals surface area contributed by atoms with Crippen LogP contribution in [-0.4, -0.2) is 26.8 Å². The fraction of sp³-hybridized carbons (Fsp3) is 0.417. The predicted molar refractivity (Wildman–Crippen MR) is 67.4 cm³/mol. The molecular formula is C12H17N5O. The highest BCUT2D eigenvalue weighted by Crippen LogP contribution is 2.17. The van der Waals surface area contributed by atoms with Crippen molar-refractivity contribution in [2.75, 3.05) is 7.05 Å². The van der Waals surface area contributed by atoms with E-state index < -0.39 is 0 Å². The second-order valence-electron chi connectivity index (χ2n) is 3.92. The van der Waals surface area contributed by atoms with E-state index in [1.165, 1.54) is 0 Å². The first-order valence-corrected chi connectivity index (χ1v) is 5.97. The first kappa shape index (κ1) is 12.5.